The monoisotopic (exact) mass is 277 g/mol. The number of rotatable bonds is 6. The van der Waals surface area contributed by atoms with Gasteiger partial charge in [0.2, 0.25) is 0 Å². The Bertz CT molecular complexity index is 593. The van der Waals surface area contributed by atoms with E-state index >= 15 is 0 Å². The average molecular weight is 277 g/mol. The van der Waals surface area contributed by atoms with Crippen molar-refractivity contribution in [3.8, 4) is 0 Å². The molecule has 0 bridgehead atoms. The minimum absolute atomic E-state index is 0.0593. The van der Waals surface area contributed by atoms with Crippen molar-refractivity contribution in [2.75, 3.05) is 25.4 Å². The van der Waals surface area contributed by atoms with E-state index in [-0.39, 0.29) is 5.56 Å². The van der Waals surface area contributed by atoms with Crippen LogP contribution in [0, 0.1) is 0 Å². The molecule has 4 nitrogen and oxygen atoms in total. The summed E-state index contributed by atoms with van der Waals surface area (Å²) in [5, 5.41) is 1.35. The first-order valence-corrected chi connectivity index (χ1v) is 7.57. The van der Waals surface area contributed by atoms with Gasteiger partial charge < -0.3 is 9.88 Å². The smallest absolute Gasteiger partial charge is 0.259 e. The van der Waals surface area contributed by atoms with Gasteiger partial charge in [0, 0.05) is 12.3 Å². The highest BCUT2D eigenvalue weighted by Crippen LogP contribution is 2.14. The van der Waals surface area contributed by atoms with Gasteiger partial charge >= 0.3 is 0 Å². The van der Waals surface area contributed by atoms with Crippen molar-refractivity contribution in [1.29, 1.82) is 0 Å². The van der Waals surface area contributed by atoms with Crippen molar-refractivity contribution < 1.29 is 0 Å². The van der Waals surface area contributed by atoms with Crippen LogP contribution in [0.15, 0.2) is 34.2 Å². The van der Waals surface area contributed by atoms with Crippen LogP contribution in [-0.4, -0.2) is 40.3 Å². The number of fused-ring (bicyclic) bond motifs is 1. The first-order valence-electron chi connectivity index (χ1n) is 6.58. The van der Waals surface area contributed by atoms with Gasteiger partial charge in [-0.1, -0.05) is 37.7 Å². The second kappa shape index (κ2) is 6.73. The lowest BCUT2D eigenvalue weighted by Gasteiger charge is -2.16. The molecule has 0 aliphatic carbocycles. The molecule has 2 aromatic rings. The molecule has 0 fully saturated rings. The summed E-state index contributed by atoms with van der Waals surface area (Å²) in [6, 6.07) is 7.43. The van der Waals surface area contributed by atoms with Gasteiger partial charge in [0.25, 0.3) is 5.56 Å². The fraction of sp³-hybridized carbons (Fsp3) is 0.429. The van der Waals surface area contributed by atoms with Crippen LogP contribution in [0.25, 0.3) is 10.9 Å². The molecule has 5 heteroatoms. The number of H-pyrrole nitrogens is 1. The third kappa shape index (κ3) is 3.58. The third-order valence-electron chi connectivity index (χ3n) is 3.13. The Kier molecular flexibility index (Phi) is 4.99. The van der Waals surface area contributed by atoms with Crippen molar-refractivity contribution >= 4 is 22.7 Å². The Labute approximate surface area is 117 Å². The Balaban J connectivity index is 2.07. The molecule has 0 saturated heterocycles. The van der Waals surface area contributed by atoms with Crippen LogP contribution in [0.5, 0.6) is 0 Å². The SMILES string of the molecule is CCN(CC)CCSc1nc2ccccc2c(=O)[nH]1. The second-order valence-electron chi connectivity index (χ2n) is 4.26. The molecular weight excluding hydrogens is 258 g/mol. The van der Waals surface area contributed by atoms with E-state index in [1.54, 1.807) is 17.8 Å². The fourth-order valence-electron chi connectivity index (χ4n) is 1.94. The molecule has 0 radical (unpaired) electrons. The fourth-order valence-corrected chi connectivity index (χ4v) is 2.82. The standard InChI is InChI=1S/C14H19N3OS/c1-3-17(4-2)9-10-19-14-15-12-8-6-5-7-11(12)13(18)16-14/h5-8H,3-4,9-10H2,1-2H3,(H,15,16,18). The van der Waals surface area contributed by atoms with Gasteiger partial charge in [0.05, 0.1) is 10.9 Å². The third-order valence-corrected chi connectivity index (χ3v) is 3.99. The van der Waals surface area contributed by atoms with Gasteiger partial charge in [-0.3, -0.25) is 4.79 Å². The highest BCUT2D eigenvalue weighted by molar-refractivity contribution is 7.99. The topological polar surface area (TPSA) is 49.0 Å². The predicted molar refractivity (Wildman–Crippen MR) is 80.9 cm³/mol. The molecule has 0 unspecified atom stereocenters. The number of benzene rings is 1. The average Bonchev–Trinajstić information content (AvgIpc) is 2.44. The highest BCUT2D eigenvalue weighted by atomic mass is 32.2. The van der Waals surface area contributed by atoms with Gasteiger partial charge in [-0.25, -0.2) is 4.98 Å². The van der Waals surface area contributed by atoms with Crippen LogP contribution in [0.4, 0.5) is 0 Å². The molecule has 0 aliphatic heterocycles. The number of para-hydroxylation sites is 1. The first-order chi connectivity index (χ1) is 9.24. The molecule has 0 atom stereocenters. The van der Waals surface area contributed by atoms with Crippen LogP contribution in [0.1, 0.15) is 13.8 Å². The number of hydrogen-bond donors (Lipinski definition) is 1. The molecule has 102 valence electrons. The van der Waals surface area contributed by atoms with Crippen molar-refractivity contribution in [3.63, 3.8) is 0 Å². The lowest BCUT2D eigenvalue weighted by Crippen LogP contribution is -2.25. The molecule has 2 rings (SSSR count). The Morgan fingerprint density at radius 1 is 1.26 bits per heavy atom. The number of nitrogens with one attached hydrogen (secondary N) is 1. The van der Waals surface area contributed by atoms with E-state index in [1.807, 2.05) is 18.2 Å². The van der Waals surface area contributed by atoms with E-state index in [0.29, 0.717) is 10.5 Å². The van der Waals surface area contributed by atoms with Crippen LogP contribution in [0.2, 0.25) is 0 Å². The van der Waals surface area contributed by atoms with E-state index in [4.69, 9.17) is 0 Å². The van der Waals surface area contributed by atoms with Crippen molar-refractivity contribution in [2.24, 2.45) is 0 Å². The van der Waals surface area contributed by atoms with E-state index in [1.165, 1.54) is 0 Å². The van der Waals surface area contributed by atoms with E-state index < -0.39 is 0 Å². The molecule has 0 spiro atoms. The summed E-state index contributed by atoms with van der Waals surface area (Å²) in [7, 11) is 0. The lowest BCUT2D eigenvalue weighted by atomic mass is 10.2. The van der Waals surface area contributed by atoms with Gasteiger partial charge in [-0.2, -0.15) is 0 Å². The molecule has 1 aromatic carbocycles. The quantitative estimate of drug-likeness (QED) is 0.650. The van der Waals surface area contributed by atoms with Gasteiger partial charge in [-0.05, 0) is 25.2 Å². The zero-order chi connectivity index (χ0) is 13.7. The number of aromatic amines is 1. The van der Waals surface area contributed by atoms with E-state index in [0.717, 1.165) is 30.9 Å². The van der Waals surface area contributed by atoms with Crippen LogP contribution in [0.3, 0.4) is 0 Å². The number of thioether (sulfide) groups is 1. The number of aromatic nitrogens is 2. The molecule has 0 aliphatic rings. The van der Waals surface area contributed by atoms with Gasteiger partial charge in [0.1, 0.15) is 0 Å². The number of nitrogens with zero attached hydrogens (tertiary/aromatic N) is 2. The normalized spacial score (nSPS) is 11.3. The Hall–Kier alpha value is -1.33. The maximum atomic E-state index is 11.9. The Morgan fingerprint density at radius 2 is 2.00 bits per heavy atom. The van der Waals surface area contributed by atoms with Crippen molar-refractivity contribution in [1.82, 2.24) is 14.9 Å². The summed E-state index contributed by atoms with van der Waals surface area (Å²) in [5.41, 5.74) is 0.701. The highest BCUT2D eigenvalue weighted by Gasteiger charge is 2.04. The summed E-state index contributed by atoms with van der Waals surface area (Å²) in [6.07, 6.45) is 0. The molecule has 1 heterocycles. The minimum atomic E-state index is -0.0593. The van der Waals surface area contributed by atoms with Crippen molar-refractivity contribution in [2.45, 2.75) is 19.0 Å². The second-order valence-corrected chi connectivity index (χ2v) is 5.35. The zero-order valence-electron chi connectivity index (χ0n) is 11.3. The summed E-state index contributed by atoms with van der Waals surface area (Å²) in [5.74, 6) is 0.933. The van der Waals surface area contributed by atoms with E-state index in [2.05, 4.69) is 28.7 Å². The van der Waals surface area contributed by atoms with Crippen molar-refractivity contribution in [3.05, 3.63) is 34.6 Å². The molecule has 1 aromatic heterocycles. The molecule has 19 heavy (non-hydrogen) atoms. The maximum absolute atomic E-state index is 11.9. The lowest BCUT2D eigenvalue weighted by molar-refractivity contribution is 0.324. The summed E-state index contributed by atoms with van der Waals surface area (Å²) in [4.78, 5) is 21.6. The van der Waals surface area contributed by atoms with Crippen LogP contribution in [-0.2, 0) is 0 Å². The maximum Gasteiger partial charge on any atom is 0.259 e. The van der Waals surface area contributed by atoms with Gasteiger partial charge in [-0.15, -0.1) is 0 Å². The van der Waals surface area contributed by atoms with Crippen LogP contribution >= 0.6 is 11.8 Å². The molecule has 1 N–H and O–H groups in total. The summed E-state index contributed by atoms with van der Waals surface area (Å²) in [6.45, 7) is 7.43. The summed E-state index contributed by atoms with van der Waals surface area (Å²) < 4.78 is 0. The largest absolute Gasteiger partial charge is 0.303 e. The minimum Gasteiger partial charge on any atom is -0.303 e. The summed E-state index contributed by atoms with van der Waals surface area (Å²) >= 11 is 1.60. The van der Waals surface area contributed by atoms with Crippen LogP contribution < -0.4 is 5.56 Å². The van der Waals surface area contributed by atoms with Gasteiger partial charge in [0.15, 0.2) is 5.16 Å². The van der Waals surface area contributed by atoms with E-state index in [9.17, 15) is 4.79 Å². The molecule has 0 saturated carbocycles. The first kappa shape index (κ1) is 14.1. The molecule has 0 amide bonds. The zero-order valence-corrected chi connectivity index (χ0v) is 12.2. The molecular formula is C14H19N3OS. The Morgan fingerprint density at radius 3 is 2.74 bits per heavy atom. The predicted octanol–water partition coefficient (Wildman–Crippen LogP) is 2.36. The number of hydrogen-bond acceptors (Lipinski definition) is 4.